The molecule has 744 valence electrons. The Morgan fingerprint density at radius 1 is 0.363 bits per heavy atom. The van der Waals surface area contributed by atoms with Crippen LogP contribution in [-0.4, -0.2) is 213 Å². The van der Waals surface area contributed by atoms with E-state index >= 15 is 0 Å². The summed E-state index contributed by atoms with van der Waals surface area (Å²) in [6.07, 6.45) is 37.1. The first kappa shape index (κ1) is 99.0. The van der Waals surface area contributed by atoms with E-state index in [0.29, 0.717) is 49.7 Å². The summed E-state index contributed by atoms with van der Waals surface area (Å²) < 4.78 is 15.0. The minimum absolute atomic E-state index is 0.0430. The molecule has 7 fully saturated rings. The number of methoxy groups -OCH3 is 1. The Kier molecular flexibility index (Phi) is 30.9. The number of nitrogens with one attached hydrogen (secondary N) is 1. The second-order valence-corrected chi connectivity index (χ2v) is 40.8. The Labute approximate surface area is 870 Å². The van der Waals surface area contributed by atoms with Crippen molar-refractivity contribution in [1.82, 2.24) is 92.1 Å². The molecule has 2 unspecified atom stereocenters. The second-order valence-electron chi connectivity index (χ2n) is 38.3. The van der Waals surface area contributed by atoms with Gasteiger partial charge in [-0.2, -0.15) is 0 Å². The van der Waals surface area contributed by atoms with Crippen molar-refractivity contribution in [3.8, 4) is 50.9 Å². The highest BCUT2D eigenvalue weighted by Crippen LogP contribution is 2.40. The van der Waals surface area contributed by atoms with Gasteiger partial charge in [-0.25, -0.2) is 34.9 Å². The molecule has 0 spiro atoms. The summed E-state index contributed by atoms with van der Waals surface area (Å²) in [5.74, 6) is 3.69. The number of carbonyl (C=O) groups is 6. The van der Waals surface area contributed by atoms with E-state index in [1.54, 1.807) is 61.5 Å². The normalized spacial score (nSPS) is 16.2. The number of likely N-dealkylation sites (tertiary alicyclic amines) is 6. The number of nitrogens with zero attached hydrogens (tertiary/aromatic N) is 18. The van der Waals surface area contributed by atoms with Gasteiger partial charge in [0.2, 0.25) is 0 Å². The van der Waals surface area contributed by atoms with Crippen LogP contribution in [0.3, 0.4) is 0 Å². The lowest BCUT2D eigenvalue weighted by Gasteiger charge is -2.26. The maximum absolute atomic E-state index is 12.9. The van der Waals surface area contributed by atoms with Crippen molar-refractivity contribution in [3.05, 3.63) is 321 Å². The topological polar surface area (TPSA) is 262 Å². The van der Waals surface area contributed by atoms with Gasteiger partial charge in [-0.15, -0.1) is 11.3 Å². The van der Waals surface area contributed by atoms with Gasteiger partial charge in [0, 0.05) is 215 Å². The summed E-state index contributed by atoms with van der Waals surface area (Å²) in [5, 5.41) is 7.99. The number of imidazole rings is 3. The average molecular weight is 2050 g/mol. The predicted molar refractivity (Wildman–Crippen MR) is 580 cm³/mol. The number of carbonyl (C=O) groups excluding carboxylic acids is 6. The largest absolute Gasteiger partial charge is 0.497 e. The molecule has 6 saturated heterocycles. The Morgan fingerprint density at radius 2 is 0.795 bits per heavy atom. The third-order valence-electron chi connectivity index (χ3n) is 28.7. The number of aryl methyl sites for hydroxylation is 1. The standard InChI is InChI=1S/C21H20ClN3O.C21H21ClN2O.C20H19ClN2O.C19H20N4O2.C18H17ClN4O.C16H16N4OS/c22-17-5-2-6-18(10-17)25-13-23-19-9-14(7-8-20(19)25)21(26)24-11-15-3-1-4-16(15)12-24;1-23-14-19(15-6-5-7-17(22)12-15)18-9-8-16(13-20(18)23)21(25)24-10-3-2-4-11-24;21-16-6-4-5-14(11-16)18-13-22-19-12-15(7-8-17(18)19)20(24)23-9-2-1-3-10-23;1-25-16-7-5-15(6-8-16)23-13-21-17-11-14(12-20-18(17)23)19(24)22-9-3-2-4-10-22;19-14-5-4-6-15(10-14)23-12-21-16-9-13(11-20-17(16)23)18(24)22-7-2-1-3-8-22;21-16(19-5-2-1-3-6-19)13-8-12-4-7-20(15(12)17-9-13)14-10-22-11-18-14/h2,5-10,13,15-16H,1,3-4,11-12H2;5-9,12-14H,2-4,10-11H2,1H3;4-8,11-13,22H,1-3,9-10H2;5-8,11-13H,2-4,9-10H2,1H3;4-6,9-12H,1-3,7-8H2;4,7-11H,1-3,5-6H2. The van der Waals surface area contributed by atoms with Gasteiger partial charge in [0.15, 0.2) is 11.3 Å². The van der Waals surface area contributed by atoms with E-state index in [4.69, 9.17) is 51.1 Å². The number of aromatic amines is 1. The molecule has 7 aliphatic rings. The van der Waals surface area contributed by atoms with Gasteiger partial charge in [-0.05, 0) is 284 Å². The van der Waals surface area contributed by atoms with Crippen LogP contribution in [0.4, 0.5) is 0 Å². The maximum Gasteiger partial charge on any atom is 0.255 e. The Hall–Kier alpha value is -14.4. The van der Waals surface area contributed by atoms with Crippen LogP contribution < -0.4 is 4.74 Å². The molecule has 31 heteroatoms. The van der Waals surface area contributed by atoms with Crippen LogP contribution in [0.2, 0.25) is 20.1 Å². The zero-order valence-electron chi connectivity index (χ0n) is 81.6. The van der Waals surface area contributed by atoms with E-state index in [1.165, 1.54) is 51.4 Å². The molecule has 1 aliphatic carbocycles. The average Bonchev–Trinajstić information content (AvgIpc) is 1.62. The van der Waals surface area contributed by atoms with Gasteiger partial charge in [0.1, 0.15) is 47.2 Å². The molecular weight excluding hydrogens is 1930 g/mol. The second kappa shape index (κ2) is 45.5. The van der Waals surface area contributed by atoms with E-state index in [0.717, 1.165) is 275 Å². The van der Waals surface area contributed by atoms with Gasteiger partial charge in [-0.1, -0.05) is 101 Å². The Balaban J connectivity index is 0.000000107. The van der Waals surface area contributed by atoms with Crippen LogP contribution in [-0.2, 0) is 7.05 Å². The lowest BCUT2D eigenvalue weighted by molar-refractivity contribution is 0.0716. The van der Waals surface area contributed by atoms with Gasteiger partial charge >= 0.3 is 0 Å². The van der Waals surface area contributed by atoms with E-state index in [-0.39, 0.29) is 35.4 Å². The predicted octanol–water partition coefficient (Wildman–Crippen LogP) is 24.7. The number of aromatic nitrogens is 13. The summed E-state index contributed by atoms with van der Waals surface area (Å²) >= 11 is 26.0. The zero-order chi connectivity index (χ0) is 100. The minimum atomic E-state index is 0.0430. The lowest BCUT2D eigenvalue weighted by atomic mass is 10.0. The molecule has 146 heavy (non-hydrogen) atoms. The Morgan fingerprint density at radius 3 is 1.30 bits per heavy atom. The number of pyridine rings is 3. The summed E-state index contributed by atoms with van der Waals surface area (Å²) in [6.45, 7) is 10.3. The third-order valence-corrected chi connectivity index (χ3v) is 30.2. The van der Waals surface area contributed by atoms with E-state index in [2.05, 4.69) is 62.8 Å². The maximum atomic E-state index is 12.9. The number of rotatable bonds is 13. The van der Waals surface area contributed by atoms with Gasteiger partial charge in [0.05, 0.1) is 46.0 Å². The molecule has 10 aromatic heterocycles. The first-order valence-corrected chi connectivity index (χ1v) is 52.9. The number of hydrogen-bond acceptors (Lipinski definition) is 15. The molecule has 8 aromatic carbocycles. The quantitative estimate of drug-likeness (QED) is 0.113. The van der Waals surface area contributed by atoms with Gasteiger partial charge in [0.25, 0.3) is 35.4 Å². The minimum Gasteiger partial charge on any atom is -0.497 e. The van der Waals surface area contributed by atoms with Crippen molar-refractivity contribution in [1.29, 1.82) is 0 Å². The molecule has 1 saturated carbocycles. The fourth-order valence-corrected chi connectivity index (χ4v) is 22.2. The number of hydrogen-bond donors (Lipinski definition) is 1. The molecule has 2 atom stereocenters. The van der Waals surface area contributed by atoms with Crippen LogP contribution in [0.1, 0.15) is 178 Å². The molecule has 6 aliphatic heterocycles. The molecule has 18 aromatic rings. The molecule has 25 rings (SSSR count). The van der Waals surface area contributed by atoms with Crippen molar-refractivity contribution < 1.29 is 33.5 Å². The van der Waals surface area contributed by atoms with Crippen molar-refractivity contribution in [2.45, 2.75) is 116 Å². The molecule has 0 radical (unpaired) electrons. The fourth-order valence-electron chi connectivity index (χ4n) is 20.9. The van der Waals surface area contributed by atoms with Crippen LogP contribution in [0, 0.1) is 11.8 Å². The van der Waals surface area contributed by atoms with Crippen molar-refractivity contribution in [2.75, 3.05) is 85.6 Å². The molecule has 16 heterocycles. The lowest BCUT2D eigenvalue weighted by Crippen LogP contribution is -2.35. The molecular formula is C115H113Cl4N19O7S. The zero-order valence-corrected chi connectivity index (χ0v) is 85.4. The Bertz CT molecular complexity index is 7610. The van der Waals surface area contributed by atoms with E-state index < -0.39 is 0 Å². The SMILES string of the molecule is COc1ccc(-n2cnc3cc(C(=O)N4CCCCC4)cnc32)cc1.Cn1cc(-c2cccc(Cl)c2)c2ccc(C(=O)N3CCCCC3)cc21.O=C(c1ccc2c(-c3cccc(Cl)c3)c[nH]c2c1)N1CCCCC1.O=C(c1ccc2c(c1)ncn2-c1cccc(Cl)c1)N1CC2CCCC2C1.O=C(c1cnc2c(c1)ncn2-c1cccc(Cl)c1)N1CCCCC1.O=C(c1cnc2c(ccn2-c2cscn2)c1)N1CCCCC1. The number of fused-ring (bicyclic) bond motifs is 7. The van der Waals surface area contributed by atoms with Crippen LogP contribution in [0.15, 0.2) is 267 Å². The fraction of sp³-hybridized carbons (Fsp3) is 0.296. The van der Waals surface area contributed by atoms with Gasteiger partial charge in [-0.3, -0.25) is 47.0 Å². The van der Waals surface area contributed by atoms with Crippen LogP contribution in [0.5, 0.6) is 5.75 Å². The number of H-pyrrole nitrogens is 1. The highest BCUT2D eigenvalue weighted by molar-refractivity contribution is 7.07. The number of benzene rings is 8. The number of amides is 6. The summed E-state index contributed by atoms with van der Waals surface area (Å²) in [7, 11) is 3.66. The van der Waals surface area contributed by atoms with E-state index in [9.17, 15) is 28.8 Å². The molecule has 1 N–H and O–H groups in total. The van der Waals surface area contributed by atoms with Crippen LogP contribution >= 0.6 is 57.7 Å². The number of ether oxygens (including phenoxy) is 1. The summed E-state index contributed by atoms with van der Waals surface area (Å²) in [6, 6.07) is 63.9. The molecule has 0 bridgehead atoms. The highest BCUT2D eigenvalue weighted by atomic mass is 35.5. The van der Waals surface area contributed by atoms with Crippen LogP contribution in [0.25, 0.3) is 111 Å². The van der Waals surface area contributed by atoms with Crippen molar-refractivity contribution >= 4 is 159 Å². The van der Waals surface area contributed by atoms with Crippen molar-refractivity contribution in [2.24, 2.45) is 18.9 Å². The van der Waals surface area contributed by atoms with Crippen molar-refractivity contribution in [3.63, 3.8) is 0 Å². The molecule has 6 amide bonds. The van der Waals surface area contributed by atoms with E-state index in [1.807, 2.05) is 261 Å². The molecule has 26 nitrogen and oxygen atoms in total. The smallest absolute Gasteiger partial charge is 0.255 e. The number of halogens is 4. The first-order valence-electron chi connectivity index (χ1n) is 50.5. The monoisotopic (exact) mass is 2040 g/mol. The number of thiazole rings is 1. The first-order chi connectivity index (χ1) is 71.3. The number of piperidine rings is 5. The third kappa shape index (κ3) is 22.4. The van der Waals surface area contributed by atoms with Gasteiger partial charge < -0.3 is 43.7 Å². The summed E-state index contributed by atoms with van der Waals surface area (Å²) in [4.78, 5) is 122. The summed E-state index contributed by atoms with van der Waals surface area (Å²) in [5.41, 5.74) is 20.7. The highest BCUT2D eigenvalue weighted by Gasteiger charge is 2.39.